The summed E-state index contributed by atoms with van der Waals surface area (Å²) in [4.78, 5) is 23.8. The van der Waals surface area contributed by atoms with E-state index in [0.29, 0.717) is 0 Å². The van der Waals surface area contributed by atoms with Crippen LogP contribution in [-0.2, 0) is 19.4 Å². The van der Waals surface area contributed by atoms with Crippen LogP contribution in [0.3, 0.4) is 0 Å². The van der Waals surface area contributed by atoms with Crippen molar-refractivity contribution in [1.29, 1.82) is 0 Å². The van der Waals surface area contributed by atoms with Gasteiger partial charge in [0.2, 0.25) is 0 Å². The summed E-state index contributed by atoms with van der Waals surface area (Å²) in [6.07, 6.45) is -0.847. The Balaban J connectivity index is 2.90. The third-order valence-corrected chi connectivity index (χ3v) is 4.46. The molecule has 0 saturated carbocycles. The molecule has 1 heterocycles. The van der Waals surface area contributed by atoms with Gasteiger partial charge in [-0.15, -0.1) is 0 Å². The largest absolute Gasteiger partial charge is 0.479 e. The van der Waals surface area contributed by atoms with Crippen LogP contribution in [0.1, 0.15) is 20.8 Å². The van der Waals surface area contributed by atoms with E-state index in [1.807, 2.05) is 0 Å². The van der Waals surface area contributed by atoms with Gasteiger partial charge in [-0.05, 0) is 20.8 Å². The van der Waals surface area contributed by atoms with Crippen LogP contribution in [-0.4, -0.2) is 60.2 Å². The molecule has 18 heavy (non-hydrogen) atoms. The molecule has 1 rings (SSSR count). The van der Waals surface area contributed by atoms with E-state index in [9.17, 15) is 18.0 Å². The molecule has 0 aromatic rings. The highest BCUT2D eigenvalue weighted by Gasteiger charge is 2.59. The molecule has 1 N–H and O–H groups in total. The number of rotatable bonds is 2. The van der Waals surface area contributed by atoms with Crippen molar-refractivity contribution in [3.63, 3.8) is 0 Å². The van der Waals surface area contributed by atoms with Crippen LogP contribution in [0.15, 0.2) is 0 Å². The predicted molar refractivity (Wildman–Crippen MR) is 63.0 cm³/mol. The SMILES string of the molecule is CN(C(=O)OC(C)(C)C)C1(C(=O)O)CS(=O)(=O)C1. The van der Waals surface area contributed by atoms with Crippen LogP contribution in [0.2, 0.25) is 0 Å². The van der Waals surface area contributed by atoms with Gasteiger partial charge in [0, 0.05) is 7.05 Å². The average Bonchev–Trinajstić information content (AvgIpc) is 2.08. The first-order chi connectivity index (χ1) is 7.90. The lowest BCUT2D eigenvalue weighted by molar-refractivity contribution is -0.148. The molecule has 1 saturated heterocycles. The van der Waals surface area contributed by atoms with E-state index in [1.54, 1.807) is 20.8 Å². The van der Waals surface area contributed by atoms with Crippen molar-refractivity contribution in [3.8, 4) is 0 Å². The summed E-state index contributed by atoms with van der Waals surface area (Å²) in [5, 5.41) is 9.12. The molecule has 0 unspecified atom stereocenters. The Bertz CT molecular complexity index is 463. The lowest BCUT2D eigenvalue weighted by Crippen LogP contribution is -2.70. The molecular weight excluding hydrogens is 262 g/mol. The molecule has 0 radical (unpaired) electrons. The first-order valence-electron chi connectivity index (χ1n) is 5.30. The van der Waals surface area contributed by atoms with Crippen molar-refractivity contribution in [2.45, 2.75) is 31.9 Å². The normalized spacial score (nSPS) is 20.7. The molecule has 7 nitrogen and oxygen atoms in total. The van der Waals surface area contributed by atoms with Gasteiger partial charge in [-0.1, -0.05) is 0 Å². The number of carboxylic acids is 1. The summed E-state index contributed by atoms with van der Waals surface area (Å²) >= 11 is 0. The fourth-order valence-electron chi connectivity index (χ4n) is 1.65. The van der Waals surface area contributed by atoms with E-state index in [1.165, 1.54) is 7.05 Å². The zero-order chi connectivity index (χ0) is 14.4. The van der Waals surface area contributed by atoms with Crippen LogP contribution in [0.4, 0.5) is 4.79 Å². The number of hydrogen-bond donors (Lipinski definition) is 1. The van der Waals surface area contributed by atoms with E-state index in [4.69, 9.17) is 9.84 Å². The van der Waals surface area contributed by atoms with E-state index in [-0.39, 0.29) is 0 Å². The minimum absolute atomic E-state index is 0.578. The minimum Gasteiger partial charge on any atom is -0.479 e. The molecule has 104 valence electrons. The fourth-order valence-corrected chi connectivity index (χ4v) is 3.66. The van der Waals surface area contributed by atoms with Gasteiger partial charge in [0.1, 0.15) is 5.60 Å². The highest BCUT2D eigenvalue weighted by molar-refractivity contribution is 7.93. The molecule has 0 aromatic heterocycles. The molecule has 1 fully saturated rings. The summed E-state index contributed by atoms with van der Waals surface area (Å²) in [5.41, 5.74) is -2.48. The predicted octanol–water partition coefficient (Wildman–Crippen LogP) is 0.105. The zero-order valence-electron chi connectivity index (χ0n) is 10.8. The van der Waals surface area contributed by atoms with Gasteiger partial charge >= 0.3 is 12.1 Å². The molecule has 0 spiro atoms. The summed E-state index contributed by atoms with van der Waals surface area (Å²) < 4.78 is 27.4. The van der Waals surface area contributed by atoms with E-state index in [2.05, 4.69) is 0 Å². The topological polar surface area (TPSA) is 101 Å². The Hall–Kier alpha value is -1.31. The second kappa shape index (κ2) is 4.11. The number of ether oxygens (including phenoxy) is 1. The Morgan fingerprint density at radius 1 is 1.28 bits per heavy atom. The van der Waals surface area contributed by atoms with Crippen molar-refractivity contribution < 1.29 is 27.9 Å². The fraction of sp³-hybridized carbons (Fsp3) is 0.800. The van der Waals surface area contributed by atoms with Gasteiger partial charge in [-0.25, -0.2) is 18.0 Å². The van der Waals surface area contributed by atoms with Crippen molar-refractivity contribution in [3.05, 3.63) is 0 Å². The number of hydrogen-bond acceptors (Lipinski definition) is 5. The molecule has 0 aromatic carbocycles. The smallest absolute Gasteiger partial charge is 0.411 e. The van der Waals surface area contributed by atoms with Gasteiger partial charge in [0.05, 0.1) is 11.5 Å². The molecule has 0 aliphatic carbocycles. The number of amides is 1. The van der Waals surface area contributed by atoms with E-state index < -0.39 is 44.5 Å². The van der Waals surface area contributed by atoms with Gasteiger partial charge in [0.25, 0.3) is 0 Å². The second-order valence-corrected chi connectivity index (χ2v) is 7.47. The summed E-state index contributed by atoms with van der Waals surface area (Å²) in [6, 6.07) is 0. The molecule has 0 bridgehead atoms. The average molecular weight is 279 g/mol. The third-order valence-electron chi connectivity index (χ3n) is 2.62. The summed E-state index contributed by atoms with van der Waals surface area (Å²) in [7, 11) is -2.15. The van der Waals surface area contributed by atoms with Crippen LogP contribution >= 0.6 is 0 Å². The third kappa shape index (κ3) is 2.74. The number of carboxylic acid groups (broad SMARTS) is 1. The maximum Gasteiger partial charge on any atom is 0.411 e. The van der Waals surface area contributed by atoms with Crippen molar-refractivity contribution in [1.82, 2.24) is 4.90 Å². The van der Waals surface area contributed by atoms with Gasteiger partial charge < -0.3 is 9.84 Å². The van der Waals surface area contributed by atoms with Gasteiger partial charge in [-0.3, -0.25) is 4.90 Å². The van der Waals surface area contributed by atoms with Crippen LogP contribution in [0, 0.1) is 0 Å². The molecule has 0 atom stereocenters. The van der Waals surface area contributed by atoms with Crippen LogP contribution < -0.4 is 0 Å². The molecule has 8 heteroatoms. The Kier molecular flexibility index (Phi) is 3.37. The minimum atomic E-state index is -3.39. The molecular formula is C10H17NO6S. The molecule has 1 aliphatic rings. The van der Waals surface area contributed by atoms with E-state index >= 15 is 0 Å². The number of likely N-dealkylation sites (N-methyl/N-ethyl adjacent to an activating group) is 1. The zero-order valence-corrected chi connectivity index (χ0v) is 11.6. The highest BCUT2D eigenvalue weighted by atomic mass is 32.2. The lowest BCUT2D eigenvalue weighted by atomic mass is 10.0. The van der Waals surface area contributed by atoms with E-state index in [0.717, 1.165) is 4.90 Å². The Labute approximate surface area is 106 Å². The van der Waals surface area contributed by atoms with Crippen molar-refractivity contribution in [2.75, 3.05) is 18.6 Å². The Morgan fingerprint density at radius 3 is 2.00 bits per heavy atom. The first-order valence-corrected chi connectivity index (χ1v) is 7.12. The first kappa shape index (κ1) is 14.7. The number of carbonyl (C=O) groups is 2. The lowest BCUT2D eigenvalue weighted by Gasteiger charge is -2.43. The van der Waals surface area contributed by atoms with Crippen LogP contribution in [0.5, 0.6) is 0 Å². The summed E-state index contributed by atoms with van der Waals surface area (Å²) in [6.45, 7) is 4.93. The number of aliphatic carboxylic acids is 1. The standard InChI is InChI=1S/C10H17NO6S/c1-9(2,3)17-8(14)11(4)10(7(12)13)5-18(15,16)6-10/h5-6H2,1-4H3,(H,12,13). The second-order valence-electron chi connectivity index (χ2n) is 5.41. The highest BCUT2D eigenvalue weighted by Crippen LogP contribution is 2.31. The number of nitrogens with zero attached hydrogens (tertiary/aromatic N) is 1. The Morgan fingerprint density at radius 2 is 1.72 bits per heavy atom. The number of sulfone groups is 1. The quantitative estimate of drug-likeness (QED) is 0.769. The molecule has 1 aliphatic heterocycles. The summed E-state index contributed by atoms with van der Waals surface area (Å²) in [5.74, 6) is -2.50. The monoisotopic (exact) mass is 279 g/mol. The van der Waals surface area contributed by atoms with Crippen molar-refractivity contribution >= 4 is 21.9 Å². The maximum absolute atomic E-state index is 11.8. The van der Waals surface area contributed by atoms with Crippen LogP contribution in [0.25, 0.3) is 0 Å². The van der Waals surface area contributed by atoms with Gasteiger partial charge in [-0.2, -0.15) is 0 Å². The molecule has 1 amide bonds. The number of carbonyl (C=O) groups excluding carboxylic acids is 1. The maximum atomic E-state index is 11.8. The van der Waals surface area contributed by atoms with Gasteiger partial charge in [0.15, 0.2) is 15.4 Å². The van der Waals surface area contributed by atoms with Crippen molar-refractivity contribution in [2.24, 2.45) is 0 Å².